The molecule has 0 aliphatic rings. The monoisotopic (exact) mass is 380 g/mol. The zero-order valence-electron chi connectivity index (χ0n) is 11.9. The van der Waals surface area contributed by atoms with Crippen LogP contribution in [0.25, 0.3) is 0 Å². The SMILES string of the molecule is CCCCCN(C)C(=O)c1cc(S(N)(=O)=O)c(Br)cc1F. The van der Waals surface area contributed by atoms with E-state index in [-0.39, 0.29) is 14.9 Å². The van der Waals surface area contributed by atoms with Crippen LogP contribution in [0.5, 0.6) is 0 Å². The summed E-state index contributed by atoms with van der Waals surface area (Å²) < 4.78 is 36.7. The Hall–Kier alpha value is -0.990. The Balaban J connectivity index is 3.10. The molecule has 5 nitrogen and oxygen atoms in total. The first kappa shape index (κ1) is 18.1. The molecule has 21 heavy (non-hydrogen) atoms. The number of hydrogen-bond acceptors (Lipinski definition) is 3. The number of nitrogens with two attached hydrogens (primary N) is 1. The zero-order chi connectivity index (χ0) is 16.2. The number of hydrogen-bond donors (Lipinski definition) is 1. The van der Waals surface area contributed by atoms with Gasteiger partial charge in [0.05, 0.1) is 10.5 Å². The van der Waals surface area contributed by atoms with E-state index in [0.717, 1.165) is 31.4 Å². The van der Waals surface area contributed by atoms with E-state index < -0.39 is 21.7 Å². The normalized spacial score (nSPS) is 11.5. The van der Waals surface area contributed by atoms with Crippen LogP contribution in [0.2, 0.25) is 0 Å². The van der Waals surface area contributed by atoms with Gasteiger partial charge in [0.15, 0.2) is 0 Å². The molecule has 0 aromatic heterocycles. The molecule has 1 rings (SSSR count). The molecule has 0 aliphatic heterocycles. The predicted octanol–water partition coefficient (Wildman–Crippen LogP) is 2.50. The number of unbranched alkanes of at least 4 members (excludes halogenated alkanes) is 2. The molecular formula is C13H18BrFN2O3S. The van der Waals surface area contributed by atoms with Crippen molar-refractivity contribution in [3.05, 3.63) is 28.0 Å². The molecule has 0 heterocycles. The standard InChI is InChI=1S/C13H18BrFN2O3S/c1-3-4-5-6-17(2)13(18)9-7-12(21(16,19)20)10(14)8-11(9)15/h7-8H,3-6H2,1-2H3,(H2,16,19,20). The van der Waals surface area contributed by atoms with Crippen molar-refractivity contribution in [1.29, 1.82) is 0 Å². The van der Waals surface area contributed by atoms with Crippen LogP contribution in [-0.4, -0.2) is 32.8 Å². The van der Waals surface area contributed by atoms with Gasteiger partial charge in [-0.05, 0) is 34.5 Å². The first-order valence-corrected chi connectivity index (χ1v) is 8.79. The molecule has 8 heteroatoms. The summed E-state index contributed by atoms with van der Waals surface area (Å²) in [5, 5.41) is 5.05. The van der Waals surface area contributed by atoms with Crippen LogP contribution in [0, 0.1) is 5.82 Å². The van der Waals surface area contributed by atoms with Gasteiger partial charge in [0.1, 0.15) is 5.82 Å². The number of sulfonamides is 1. The number of carbonyl (C=O) groups is 1. The number of benzene rings is 1. The summed E-state index contributed by atoms with van der Waals surface area (Å²) >= 11 is 2.93. The molecule has 1 aromatic carbocycles. The summed E-state index contributed by atoms with van der Waals surface area (Å²) in [5.74, 6) is -1.36. The molecule has 0 atom stereocenters. The van der Waals surface area contributed by atoms with Crippen molar-refractivity contribution in [1.82, 2.24) is 4.90 Å². The smallest absolute Gasteiger partial charge is 0.256 e. The number of primary sulfonamides is 1. The summed E-state index contributed by atoms with van der Waals surface area (Å²) in [7, 11) is -2.49. The van der Waals surface area contributed by atoms with Gasteiger partial charge in [0.2, 0.25) is 10.0 Å². The lowest BCUT2D eigenvalue weighted by atomic mass is 10.1. The Morgan fingerprint density at radius 1 is 1.38 bits per heavy atom. The summed E-state index contributed by atoms with van der Waals surface area (Å²) in [6, 6.07) is 1.90. The fourth-order valence-corrected chi connectivity index (χ4v) is 3.42. The zero-order valence-corrected chi connectivity index (χ0v) is 14.3. The van der Waals surface area contributed by atoms with Crippen LogP contribution in [0.3, 0.4) is 0 Å². The van der Waals surface area contributed by atoms with E-state index in [1.54, 1.807) is 7.05 Å². The van der Waals surface area contributed by atoms with Crippen LogP contribution >= 0.6 is 15.9 Å². The Labute approximate surface area is 132 Å². The molecule has 118 valence electrons. The highest BCUT2D eigenvalue weighted by Gasteiger charge is 2.22. The fraction of sp³-hybridized carbons (Fsp3) is 0.462. The van der Waals surface area contributed by atoms with E-state index in [2.05, 4.69) is 15.9 Å². The van der Waals surface area contributed by atoms with E-state index in [9.17, 15) is 17.6 Å². The molecule has 0 saturated carbocycles. The van der Waals surface area contributed by atoms with Crippen molar-refractivity contribution in [2.75, 3.05) is 13.6 Å². The van der Waals surface area contributed by atoms with Gasteiger partial charge in [0.25, 0.3) is 5.91 Å². The lowest BCUT2D eigenvalue weighted by molar-refractivity contribution is 0.0787. The summed E-state index contributed by atoms with van der Waals surface area (Å²) in [6.07, 6.45) is 2.77. The van der Waals surface area contributed by atoms with Gasteiger partial charge in [0, 0.05) is 18.1 Å². The minimum Gasteiger partial charge on any atom is -0.342 e. The molecule has 0 bridgehead atoms. The molecule has 0 fully saturated rings. The number of halogens is 2. The molecule has 0 spiro atoms. The van der Waals surface area contributed by atoms with E-state index in [0.29, 0.717) is 6.54 Å². The number of nitrogens with zero attached hydrogens (tertiary/aromatic N) is 1. The Morgan fingerprint density at radius 2 is 2.00 bits per heavy atom. The Kier molecular flexibility index (Phi) is 6.30. The Morgan fingerprint density at radius 3 is 2.52 bits per heavy atom. The van der Waals surface area contributed by atoms with Crippen molar-refractivity contribution in [3.63, 3.8) is 0 Å². The number of amides is 1. The Bertz CT molecular complexity index is 635. The van der Waals surface area contributed by atoms with Gasteiger partial charge in [-0.15, -0.1) is 0 Å². The molecule has 1 amide bonds. The van der Waals surface area contributed by atoms with Crippen LogP contribution in [0.4, 0.5) is 4.39 Å². The maximum absolute atomic E-state index is 13.9. The summed E-state index contributed by atoms with van der Waals surface area (Å²) in [6.45, 7) is 2.52. The molecule has 2 N–H and O–H groups in total. The molecule has 0 aliphatic carbocycles. The lowest BCUT2D eigenvalue weighted by Crippen LogP contribution is -2.29. The second kappa shape index (κ2) is 7.33. The van der Waals surface area contributed by atoms with Crippen LogP contribution in [-0.2, 0) is 10.0 Å². The van der Waals surface area contributed by atoms with Gasteiger partial charge < -0.3 is 4.90 Å². The van der Waals surface area contributed by atoms with Crippen molar-refractivity contribution in [2.45, 2.75) is 31.1 Å². The maximum atomic E-state index is 13.9. The average molecular weight is 381 g/mol. The van der Waals surface area contributed by atoms with E-state index in [4.69, 9.17) is 5.14 Å². The van der Waals surface area contributed by atoms with Gasteiger partial charge in [-0.2, -0.15) is 0 Å². The second-order valence-electron chi connectivity index (χ2n) is 4.74. The second-order valence-corrected chi connectivity index (χ2v) is 7.13. The van der Waals surface area contributed by atoms with E-state index >= 15 is 0 Å². The van der Waals surface area contributed by atoms with Crippen LogP contribution in [0.15, 0.2) is 21.5 Å². The van der Waals surface area contributed by atoms with Crippen molar-refractivity contribution < 1.29 is 17.6 Å². The minimum absolute atomic E-state index is 0.00677. The highest BCUT2D eigenvalue weighted by atomic mass is 79.9. The molecule has 0 saturated heterocycles. The van der Waals surface area contributed by atoms with Gasteiger partial charge in [-0.25, -0.2) is 17.9 Å². The van der Waals surface area contributed by atoms with Gasteiger partial charge in [-0.1, -0.05) is 19.8 Å². The third kappa shape index (κ3) is 4.76. The van der Waals surface area contributed by atoms with Crippen molar-refractivity contribution in [3.8, 4) is 0 Å². The predicted molar refractivity (Wildman–Crippen MR) is 82.0 cm³/mol. The minimum atomic E-state index is -4.04. The van der Waals surface area contributed by atoms with E-state index in [1.165, 1.54) is 4.90 Å². The number of carbonyl (C=O) groups excluding carboxylic acids is 1. The molecule has 0 radical (unpaired) electrons. The summed E-state index contributed by atoms with van der Waals surface area (Å²) in [5.41, 5.74) is -0.304. The van der Waals surface area contributed by atoms with Gasteiger partial charge >= 0.3 is 0 Å². The van der Waals surface area contributed by atoms with Crippen molar-refractivity contribution >= 4 is 31.9 Å². The van der Waals surface area contributed by atoms with E-state index in [1.807, 2.05) is 6.92 Å². The lowest BCUT2D eigenvalue weighted by Gasteiger charge is -2.18. The third-order valence-corrected chi connectivity index (χ3v) is 4.87. The molecular weight excluding hydrogens is 363 g/mol. The van der Waals surface area contributed by atoms with Crippen LogP contribution < -0.4 is 5.14 Å². The van der Waals surface area contributed by atoms with Crippen molar-refractivity contribution in [2.24, 2.45) is 5.14 Å². The fourth-order valence-electron chi connectivity index (χ4n) is 1.82. The quantitative estimate of drug-likeness (QED) is 0.769. The maximum Gasteiger partial charge on any atom is 0.256 e. The highest BCUT2D eigenvalue weighted by molar-refractivity contribution is 9.10. The van der Waals surface area contributed by atoms with Crippen LogP contribution in [0.1, 0.15) is 36.5 Å². The highest BCUT2D eigenvalue weighted by Crippen LogP contribution is 2.25. The third-order valence-electron chi connectivity index (χ3n) is 3.00. The topological polar surface area (TPSA) is 80.5 Å². The van der Waals surface area contributed by atoms with Gasteiger partial charge in [-0.3, -0.25) is 4.79 Å². The summed E-state index contributed by atoms with van der Waals surface area (Å²) in [4.78, 5) is 13.2. The first-order valence-electron chi connectivity index (χ1n) is 6.45. The largest absolute Gasteiger partial charge is 0.342 e. The average Bonchev–Trinajstić information content (AvgIpc) is 2.36. The first-order chi connectivity index (χ1) is 9.68. The molecule has 1 aromatic rings. The molecule has 0 unspecified atom stereocenters. The number of rotatable bonds is 6.